The summed E-state index contributed by atoms with van der Waals surface area (Å²) in [5.74, 6) is 1.44. The van der Waals surface area contributed by atoms with Crippen LogP contribution in [-0.2, 0) is 4.74 Å². The van der Waals surface area contributed by atoms with Gasteiger partial charge in [0.25, 0.3) is 5.91 Å². The molecule has 1 aromatic carbocycles. The first-order chi connectivity index (χ1) is 12.2. The van der Waals surface area contributed by atoms with E-state index in [0.29, 0.717) is 49.4 Å². The number of rotatable bonds is 5. The number of hydrogen-bond acceptors (Lipinski definition) is 7. The molecule has 1 amide bonds. The van der Waals surface area contributed by atoms with E-state index in [1.807, 2.05) is 6.07 Å². The largest absolute Gasteiger partial charge is 0.493 e. The molecule has 132 valence electrons. The SMILES string of the molecule is COc1ccc(Nc2nccc(C(=O)N3CCOCC3)n2)cc1OC. The van der Waals surface area contributed by atoms with Crippen molar-refractivity contribution in [2.24, 2.45) is 0 Å². The van der Waals surface area contributed by atoms with Gasteiger partial charge in [-0.3, -0.25) is 4.79 Å². The quantitative estimate of drug-likeness (QED) is 0.883. The number of aromatic nitrogens is 2. The molecule has 3 rings (SSSR count). The van der Waals surface area contributed by atoms with Crippen LogP contribution in [0, 0.1) is 0 Å². The fourth-order valence-corrected chi connectivity index (χ4v) is 2.51. The molecule has 0 unspecified atom stereocenters. The van der Waals surface area contributed by atoms with Crippen molar-refractivity contribution in [3.05, 3.63) is 36.2 Å². The lowest BCUT2D eigenvalue weighted by Gasteiger charge is -2.26. The molecule has 1 aromatic heterocycles. The van der Waals surface area contributed by atoms with Gasteiger partial charge in [0.1, 0.15) is 5.69 Å². The molecule has 1 saturated heterocycles. The van der Waals surface area contributed by atoms with Crippen LogP contribution in [0.1, 0.15) is 10.5 Å². The summed E-state index contributed by atoms with van der Waals surface area (Å²) in [6, 6.07) is 6.99. The molecule has 1 aliphatic rings. The number of nitrogens with one attached hydrogen (secondary N) is 1. The molecule has 1 aliphatic heterocycles. The van der Waals surface area contributed by atoms with Gasteiger partial charge >= 0.3 is 0 Å². The van der Waals surface area contributed by atoms with Crippen LogP contribution in [0.15, 0.2) is 30.5 Å². The van der Waals surface area contributed by atoms with E-state index in [2.05, 4.69) is 15.3 Å². The number of nitrogens with zero attached hydrogens (tertiary/aromatic N) is 3. The minimum absolute atomic E-state index is 0.124. The third-order valence-electron chi connectivity index (χ3n) is 3.81. The Bertz CT molecular complexity index is 747. The normalized spacial score (nSPS) is 14.1. The summed E-state index contributed by atoms with van der Waals surface area (Å²) in [5, 5.41) is 3.07. The van der Waals surface area contributed by atoms with Crippen molar-refractivity contribution in [3.63, 3.8) is 0 Å². The molecule has 8 heteroatoms. The summed E-state index contributed by atoms with van der Waals surface area (Å²) in [4.78, 5) is 22.7. The maximum absolute atomic E-state index is 12.5. The van der Waals surface area contributed by atoms with Crippen molar-refractivity contribution in [3.8, 4) is 11.5 Å². The maximum Gasteiger partial charge on any atom is 0.272 e. The molecular weight excluding hydrogens is 324 g/mol. The van der Waals surface area contributed by atoms with Crippen LogP contribution in [0.5, 0.6) is 11.5 Å². The zero-order valence-electron chi connectivity index (χ0n) is 14.2. The highest BCUT2D eigenvalue weighted by Gasteiger charge is 2.20. The third-order valence-corrected chi connectivity index (χ3v) is 3.81. The molecular formula is C17H20N4O4. The standard InChI is InChI=1S/C17H20N4O4/c1-23-14-4-3-12(11-15(14)24-2)19-17-18-6-5-13(20-17)16(22)21-7-9-25-10-8-21/h3-6,11H,7-10H2,1-2H3,(H,18,19,20). The summed E-state index contributed by atoms with van der Waals surface area (Å²) in [6.07, 6.45) is 1.56. The first-order valence-corrected chi connectivity index (χ1v) is 7.90. The lowest BCUT2D eigenvalue weighted by atomic mass is 10.2. The van der Waals surface area contributed by atoms with Gasteiger partial charge in [-0.05, 0) is 18.2 Å². The Morgan fingerprint density at radius 3 is 2.64 bits per heavy atom. The van der Waals surface area contributed by atoms with Crippen molar-refractivity contribution >= 4 is 17.5 Å². The van der Waals surface area contributed by atoms with Gasteiger partial charge in [-0.1, -0.05) is 0 Å². The van der Waals surface area contributed by atoms with Gasteiger partial charge in [0.15, 0.2) is 11.5 Å². The number of hydrogen-bond donors (Lipinski definition) is 1. The van der Waals surface area contributed by atoms with Gasteiger partial charge in [0.05, 0.1) is 27.4 Å². The maximum atomic E-state index is 12.5. The fraction of sp³-hybridized carbons (Fsp3) is 0.353. The summed E-state index contributed by atoms with van der Waals surface area (Å²) in [5.41, 5.74) is 1.08. The minimum Gasteiger partial charge on any atom is -0.493 e. The average Bonchev–Trinajstić information content (AvgIpc) is 2.68. The smallest absolute Gasteiger partial charge is 0.272 e. The highest BCUT2D eigenvalue weighted by molar-refractivity contribution is 5.92. The van der Waals surface area contributed by atoms with E-state index in [-0.39, 0.29) is 5.91 Å². The molecule has 2 heterocycles. The van der Waals surface area contributed by atoms with E-state index in [4.69, 9.17) is 14.2 Å². The molecule has 8 nitrogen and oxygen atoms in total. The number of benzene rings is 1. The number of anilines is 2. The molecule has 0 radical (unpaired) electrons. The number of carbonyl (C=O) groups is 1. The minimum atomic E-state index is -0.124. The fourth-order valence-electron chi connectivity index (χ4n) is 2.51. The number of ether oxygens (including phenoxy) is 3. The van der Waals surface area contributed by atoms with Crippen LogP contribution >= 0.6 is 0 Å². The van der Waals surface area contributed by atoms with Crippen molar-refractivity contribution < 1.29 is 19.0 Å². The van der Waals surface area contributed by atoms with Gasteiger partial charge in [0, 0.05) is 31.0 Å². The van der Waals surface area contributed by atoms with E-state index in [9.17, 15) is 4.79 Å². The van der Waals surface area contributed by atoms with Crippen LogP contribution in [0.4, 0.5) is 11.6 Å². The Morgan fingerprint density at radius 1 is 1.16 bits per heavy atom. The number of amides is 1. The van der Waals surface area contributed by atoms with Crippen molar-refractivity contribution in [2.75, 3.05) is 45.8 Å². The predicted molar refractivity (Wildman–Crippen MR) is 91.6 cm³/mol. The molecule has 0 spiro atoms. The Labute approximate surface area is 145 Å². The van der Waals surface area contributed by atoms with Gasteiger partial charge in [-0.15, -0.1) is 0 Å². The molecule has 0 bridgehead atoms. The first kappa shape index (κ1) is 17.0. The molecule has 0 aliphatic carbocycles. The van der Waals surface area contributed by atoms with E-state index in [1.165, 1.54) is 0 Å². The second-order valence-corrected chi connectivity index (χ2v) is 5.36. The van der Waals surface area contributed by atoms with Crippen molar-refractivity contribution in [1.82, 2.24) is 14.9 Å². The van der Waals surface area contributed by atoms with Crippen LogP contribution in [0.2, 0.25) is 0 Å². The summed E-state index contributed by atoms with van der Waals surface area (Å²) in [7, 11) is 3.15. The van der Waals surface area contributed by atoms with Gasteiger partial charge < -0.3 is 24.4 Å². The van der Waals surface area contributed by atoms with Crippen LogP contribution in [0.25, 0.3) is 0 Å². The van der Waals surface area contributed by atoms with E-state index in [1.54, 1.807) is 43.5 Å². The summed E-state index contributed by atoms with van der Waals surface area (Å²) < 4.78 is 15.8. The van der Waals surface area contributed by atoms with Crippen LogP contribution < -0.4 is 14.8 Å². The second kappa shape index (κ2) is 7.80. The molecule has 0 atom stereocenters. The highest BCUT2D eigenvalue weighted by Crippen LogP contribution is 2.30. The summed E-state index contributed by atoms with van der Waals surface area (Å²) >= 11 is 0. The van der Waals surface area contributed by atoms with Gasteiger partial charge in [-0.2, -0.15) is 0 Å². The number of morpholine rings is 1. The Kier molecular flexibility index (Phi) is 5.30. The number of methoxy groups -OCH3 is 2. The van der Waals surface area contributed by atoms with E-state index in [0.717, 1.165) is 5.69 Å². The second-order valence-electron chi connectivity index (χ2n) is 5.36. The monoisotopic (exact) mass is 344 g/mol. The van der Waals surface area contributed by atoms with Crippen molar-refractivity contribution in [2.45, 2.75) is 0 Å². The predicted octanol–water partition coefficient (Wildman–Crippen LogP) is 1.71. The Hall–Kier alpha value is -2.87. The first-order valence-electron chi connectivity index (χ1n) is 7.90. The molecule has 2 aromatic rings. The zero-order chi connectivity index (χ0) is 17.6. The van der Waals surface area contributed by atoms with Gasteiger partial charge in [-0.25, -0.2) is 9.97 Å². The Balaban J connectivity index is 1.76. The number of carbonyl (C=O) groups excluding carboxylic acids is 1. The van der Waals surface area contributed by atoms with Crippen LogP contribution in [0.3, 0.4) is 0 Å². The molecule has 25 heavy (non-hydrogen) atoms. The third kappa shape index (κ3) is 3.97. The van der Waals surface area contributed by atoms with Gasteiger partial charge in [0.2, 0.25) is 5.95 Å². The molecule has 1 N–H and O–H groups in total. The topological polar surface area (TPSA) is 85.8 Å². The molecule has 1 fully saturated rings. The van der Waals surface area contributed by atoms with E-state index < -0.39 is 0 Å². The zero-order valence-corrected chi connectivity index (χ0v) is 14.2. The van der Waals surface area contributed by atoms with Crippen LogP contribution in [-0.4, -0.2) is 61.3 Å². The Morgan fingerprint density at radius 2 is 1.92 bits per heavy atom. The van der Waals surface area contributed by atoms with Crippen molar-refractivity contribution in [1.29, 1.82) is 0 Å². The average molecular weight is 344 g/mol. The molecule has 0 saturated carbocycles. The summed E-state index contributed by atoms with van der Waals surface area (Å²) in [6.45, 7) is 2.24. The lowest BCUT2D eigenvalue weighted by Crippen LogP contribution is -2.41. The van der Waals surface area contributed by atoms with E-state index >= 15 is 0 Å². The lowest BCUT2D eigenvalue weighted by molar-refractivity contribution is 0.0299. The highest BCUT2D eigenvalue weighted by atomic mass is 16.5.